The van der Waals surface area contributed by atoms with E-state index in [1.54, 1.807) is 6.26 Å². The molecular weight excluding hydrogens is 272 g/mol. The van der Waals surface area contributed by atoms with Gasteiger partial charge in [-0.2, -0.15) is 0 Å². The van der Waals surface area contributed by atoms with Crippen LogP contribution in [0, 0.1) is 0 Å². The van der Waals surface area contributed by atoms with E-state index in [0.717, 1.165) is 23.6 Å². The van der Waals surface area contributed by atoms with Gasteiger partial charge in [0, 0.05) is 0 Å². The molecule has 0 unspecified atom stereocenters. The van der Waals surface area contributed by atoms with E-state index in [-0.39, 0.29) is 0 Å². The standard InChI is InChI=1S/C15H18N2O2S/c1-2-9-19-14-8-4-3-7-13(14)17-15(20)16-11-12-6-5-10-18-12/h3-8,10H,2,9,11H2,1H3,(H2,16,17,20). The molecule has 0 aliphatic rings. The van der Waals surface area contributed by atoms with E-state index < -0.39 is 0 Å². The van der Waals surface area contributed by atoms with Gasteiger partial charge < -0.3 is 19.8 Å². The summed E-state index contributed by atoms with van der Waals surface area (Å²) in [7, 11) is 0. The molecular formula is C15H18N2O2S. The third-order valence-electron chi connectivity index (χ3n) is 2.60. The molecule has 0 radical (unpaired) electrons. The van der Waals surface area contributed by atoms with Crippen molar-refractivity contribution in [2.45, 2.75) is 19.9 Å². The number of para-hydroxylation sites is 2. The van der Waals surface area contributed by atoms with Gasteiger partial charge in [-0.05, 0) is 42.9 Å². The zero-order valence-electron chi connectivity index (χ0n) is 11.4. The molecule has 0 atom stereocenters. The van der Waals surface area contributed by atoms with Gasteiger partial charge >= 0.3 is 0 Å². The molecule has 0 bridgehead atoms. The summed E-state index contributed by atoms with van der Waals surface area (Å²) in [6, 6.07) is 11.5. The number of thiocarbonyl (C=S) groups is 1. The van der Waals surface area contributed by atoms with Crippen molar-refractivity contribution in [1.82, 2.24) is 5.32 Å². The molecule has 4 nitrogen and oxygen atoms in total. The first-order valence-electron chi connectivity index (χ1n) is 6.58. The fourth-order valence-electron chi connectivity index (χ4n) is 1.65. The van der Waals surface area contributed by atoms with Gasteiger partial charge in [0.2, 0.25) is 0 Å². The zero-order valence-corrected chi connectivity index (χ0v) is 12.2. The Hall–Kier alpha value is -2.01. The van der Waals surface area contributed by atoms with E-state index in [1.807, 2.05) is 36.4 Å². The van der Waals surface area contributed by atoms with Crippen LogP contribution in [0.15, 0.2) is 47.1 Å². The van der Waals surface area contributed by atoms with Gasteiger partial charge in [-0.15, -0.1) is 0 Å². The number of benzene rings is 1. The van der Waals surface area contributed by atoms with Crippen molar-refractivity contribution in [1.29, 1.82) is 0 Å². The smallest absolute Gasteiger partial charge is 0.171 e. The number of ether oxygens (including phenoxy) is 1. The number of anilines is 1. The number of hydrogen-bond acceptors (Lipinski definition) is 3. The lowest BCUT2D eigenvalue weighted by atomic mass is 10.3. The zero-order chi connectivity index (χ0) is 14.2. The van der Waals surface area contributed by atoms with Crippen LogP contribution in [-0.4, -0.2) is 11.7 Å². The summed E-state index contributed by atoms with van der Waals surface area (Å²) >= 11 is 5.26. The van der Waals surface area contributed by atoms with Crippen LogP contribution >= 0.6 is 12.2 Å². The van der Waals surface area contributed by atoms with Crippen LogP contribution in [-0.2, 0) is 6.54 Å². The summed E-state index contributed by atoms with van der Waals surface area (Å²) in [5, 5.41) is 6.76. The quantitative estimate of drug-likeness (QED) is 0.797. The van der Waals surface area contributed by atoms with Gasteiger partial charge in [-0.25, -0.2) is 0 Å². The maximum absolute atomic E-state index is 5.67. The normalized spacial score (nSPS) is 10.1. The van der Waals surface area contributed by atoms with E-state index >= 15 is 0 Å². The van der Waals surface area contributed by atoms with E-state index in [9.17, 15) is 0 Å². The summed E-state index contributed by atoms with van der Waals surface area (Å²) in [6.45, 7) is 3.31. The van der Waals surface area contributed by atoms with E-state index in [2.05, 4.69) is 17.6 Å². The Bertz CT molecular complexity index is 541. The highest BCUT2D eigenvalue weighted by Crippen LogP contribution is 2.23. The Labute approximate surface area is 124 Å². The van der Waals surface area contributed by atoms with Crippen LogP contribution in [0.3, 0.4) is 0 Å². The number of nitrogens with one attached hydrogen (secondary N) is 2. The van der Waals surface area contributed by atoms with Crippen LogP contribution in [0.4, 0.5) is 5.69 Å². The largest absolute Gasteiger partial charge is 0.491 e. The summed E-state index contributed by atoms with van der Waals surface area (Å²) in [6.07, 6.45) is 2.61. The molecule has 0 saturated carbocycles. The molecule has 0 amide bonds. The molecule has 2 aromatic rings. The van der Waals surface area contributed by atoms with Crippen molar-refractivity contribution in [3.05, 3.63) is 48.4 Å². The Morgan fingerprint density at radius 1 is 1.25 bits per heavy atom. The molecule has 106 valence electrons. The maximum Gasteiger partial charge on any atom is 0.171 e. The topological polar surface area (TPSA) is 46.4 Å². The minimum Gasteiger partial charge on any atom is -0.491 e. The highest BCUT2D eigenvalue weighted by Gasteiger charge is 2.05. The predicted molar refractivity (Wildman–Crippen MR) is 84.0 cm³/mol. The van der Waals surface area contributed by atoms with Crippen molar-refractivity contribution in [2.24, 2.45) is 0 Å². The average molecular weight is 290 g/mol. The van der Waals surface area contributed by atoms with Crippen LogP contribution in [0.2, 0.25) is 0 Å². The van der Waals surface area contributed by atoms with Gasteiger partial charge in [0.05, 0.1) is 25.1 Å². The predicted octanol–water partition coefficient (Wildman–Crippen LogP) is 3.56. The molecule has 0 fully saturated rings. The van der Waals surface area contributed by atoms with Gasteiger partial charge in [-0.3, -0.25) is 0 Å². The SMILES string of the molecule is CCCOc1ccccc1NC(=S)NCc1ccco1. The lowest BCUT2D eigenvalue weighted by molar-refractivity contribution is 0.319. The van der Waals surface area contributed by atoms with Crippen LogP contribution in [0.1, 0.15) is 19.1 Å². The number of rotatable bonds is 6. The molecule has 1 aromatic carbocycles. The van der Waals surface area contributed by atoms with Gasteiger partial charge in [0.1, 0.15) is 11.5 Å². The summed E-state index contributed by atoms with van der Waals surface area (Å²) in [5.41, 5.74) is 0.859. The Morgan fingerprint density at radius 2 is 2.10 bits per heavy atom. The molecule has 2 N–H and O–H groups in total. The van der Waals surface area contributed by atoms with E-state index in [0.29, 0.717) is 18.3 Å². The maximum atomic E-state index is 5.67. The molecule has 20 heavy (non-hydrogen) atoms. The number of furan rings is 1. The average Bonchev–Trinajstić information content (AvgIpc) is 2.97. The van der Waals surface area contributed by atoms with Crippen molar-refractivity contribution in [3.8, 4) is 5.75 Å². The molecule has 0 aliphatic carbocycles. The van der Waals surface area contributed by atoms with E-state index in [1.165, 1.54) is 0 Å². The van der Waals surface area contributed by atoms with Crippen molar-refractivity contribution >= 4 is 23.0 Å². The first-order valence-corrected chi connectivity index (χ1v) is 6.99. The van der Waals surface area contributed by atoms with Crippen molar-refractivity contribution in [2.75, 3.05) is 11.9 Å². The second-order valence-corrected chi connectivity index (χ2v) is 4.64. The first-order chi connectivity index (χ1) is 9.79. The molecule has 1 aromatic heterocycles. The van der Waals surface area contributed by atoms with Gasteiger partial charge in [0.15, 0.2) is 5.11 Å². The monoisotopic (exact) mass is 290 g/mol. The molecule has 1 heterocycles. The van der Waals surface area contributed by atoms with Crippen LogP contribution in [0.25, 0.3) is 0 Å². The Morgan fingerprint density at radius 3 is 2.85 bits per heavy atom. The highest BCUT2D eigenvalue weighted by atomic mass is 32.1. The van der Waals surface area contributed by atoms with Crippen LogP contribution < -0.4 is 15.4 Å². The highest BCUT2D eigenvalue weighted by molar-refractivity contribution is 7.80. The second-order valence-electron chi connectivity index (χ2n) is 4.23. The molecule has 2 rings (SSSR count). The summed E-state index contributed by atoms with van der Waals surface area (Å²) < 4.78 is 10.9. The fourth-order valence-corrected chi connectivity index (χ4v) is 1.84. The Balaban J connectivity index is 1.90. The third-order valence-corrected chi connectivity index (χ3v) is 2.85. The summed E-state index contributed by atoms with van der Waals surface area (Å²) in [4.78, 5) is 0. The fraction of sp³-hybridized carbons (Fsp3) is 0.267. The summed E-state index contributed by atoms with van der Waals surface area (Å²) in [5.74, 6) is 1.64. The third kappa shape index (κ3) is 4.28. The molecule has 0 saturated heterocycles. The van der Waals surface area contributed by atoms with Crippen molar-refractivity contribution < 1.29 is 9.15 Å². The number of hydrogen-bond donors (Lipinski definition) is 2. The molecule has 0 aliphatic heterocycles. The molecule has 0 spiro atoms. The lowest BCUT2D eigenvalue weighted by Gasteiger charge is -2.14. The minimum absolute atomic E-state index is 0.536. The minimum atomic E-state index is 0.536. The second kappa shape index (κ2) is 7.55. The lowest BCUT2D eigenvalue weighted by Crippen LogP contribution is -2.27. The Kier molecular flexibility index (Phi) is 5.43. The molecule has 5 heteroatoms. The first kappa shape index (κ1) is 14.4. The van der Waals surface area contributed by atoms with Gasteiger partial charge in [0.25, 0.3) is 0 Å². The van der Waals surface area contributed by atoms with Crippen LogP contribution in [0.5, 0.6) is 5.75 Å². The van der Waals surface area contributed by atoms with E-state index in [4.69, 9.17) is 21.4 Å². The van der Waals surface area contributed by atoms with Crippen molar-refractivity contribution in [3.63, 3.8) is 0 Å². The van der Waals surface area contributed by atoms with Gasteiger partial charge in [-0.1, -0.05) is 19.1 Å².